The lowest BCUT2D eigenvalue weighted by molar-refractivity contribution is 0.367. The van der Waals surface area contributed by atoms with Gasteiger partial charge in [-0.2, -0.15) is 0 Å². The third kappa shape index (κ3) is 4.39. The molecule has 0 saturated carbocycles. The van der Waals surface area contributed by atoms with Gasteiger partial charge in [-0.1, -0.05) is 11.8 Å². The fraction of sp³-hybridized carbons (Fsp3) is 0.333. The van der Waals surface area contributed by atoms with Crippen molar-refractivity contribution in [2.75, 3.05) is 27.3 Å². The number of hydrogen-bond acceptors (Lipinski definition) is 3. The maximum absolute atomic E-state index is 5.40. The highest BCUT2D eigenvalue weighted by Gasteiger charge is 1.92. The molecule has 0 amide bonds. The molecule has 0 spiro atoms. The molecular weight excluding hydrogens is 190 g/mol. The van der Waals surface area contributed by atoms with Crippen LogP contribution in [0.2, 0.25) is 0 Å². The van der Waals surface area contributed by atoms with Crippen LogP contribution in [0, 0.1) is 11.8 Å². The van der Waals surface area contributed by atoms with Crippen molar-refractivity contribution in [3.63, 3.8) is 0 Å². The van der Waals surface area contributed by atoms with Crippen LogP contribution in [0.3, 0.4) is 0 Å². The Hall–Kier alpha value is -1.66. The van der Waals surface area contributed by atoms with Crippen LogP contribution in [0.15, 0.2) is 24.3 Å². The van der Waals surface area contributed by atoms with E-state index in [-0.39, 0.29) is 0 Å². The van der Waals surface area contributed by atoms with Crippen LogP contribution < -0.4 is 14.8 Å². The minimum atomic E-state index is 0.411. The van der Waals surface area contributed by atoms with Gasteiger partial charge in [0.05, 0.1) is 13.7 Å². The van der Waals surface area contributed by atoms with Crippen LogP contribution in [-0.4, -0.2) is 27.3 Å². The van der Waals surface area contributed by atoms with Gasteiger partial charge in [-0.05, 0) is 31.3 Å². The molecular formula is C12H15NO2. The average Bonchev–Trinajstić information content (AvgIpc) is 2.30. The maximum Gasteiger partial charge on any atom is 0.149 e. The summed E-state index contributed by atoms with van der Waals surface area (Å²) in [5, 5.41) is 2.94. The molecule has 1 aromatic carbocycles. The zero-order valence-corrected chi connectivity index (χ0v) is 9.04. The summed E-state index contributed by atoms with van der Waals surface area (Å²) in [5.74, 6) is 7.44. The molecule has 0 aromatic heterocycles. The first-order valence-corrected chi connectivity index (χ1v) is 4.74. The quantitative estimate of drug-likeness (QED) is 0.751. The molecule has 0 aliphatic rings. The number of benzene rings is 1. The predicted molar refractivity (Wildman–Crippen MR) is 60.2 cm³/mol. The van der Waals surface area contributed by atoms with E-state index in [0.29, 0.717) is 13.2 Å². The molecule has 1 rings (SSSR count). The normalized spacial score (nSPS) is 8.93. The molecule has 3 heteroatoms. The number of methoxy groups -OCH3 is 1. The summed E-state index contributed by atoms with van der Waals surface area (Å²) >= 11 is 0. The van der Waals surface area contributed by atoms with E-state index in [1.54, 1.807) is 7.11 Å². The third-order valence-corrected chi connectivity index (χ3v) is 1.76. The predicted octanol–water partition coefficient (Wildman–Crippen LogP) is 1.30. The molecule has 1 aromatic rings. The average molecular weight is 205 g/mol. The molecule has 0 heterocycles. The van der Waals surface area contributed by atoms with Gasteiger partial charge in [-0.25, -0.2) is 0 Å². The van der Waals surface area contributed by atoms with Gasteiger partial charge in [0.2, 0.25) is 0 Å². The number of hydrogen-bond donors (Lipinski definition) is 1. The van der Waals surface area contributed by atoms with Gasteiger partial charge in [0, 0.05) is 0 Å². The second kappa shape index (κ2) is 6.74. The van der Waals surface area contributed by atoms with E-state index in [4.69, 9.17) is 9.47 Å². The molecule has 0 saturated heterocycles. The Morgan fingerprint density at radius 3 is 2.40 bits per heavy atom. The monoisotopic (exact) mass is 205 g/mol. The van der Waals surface area contributed by atoms with E-state index in [1.165, 1.54) is 0 Å². The molecule has 3 nitrogen and oxygen atoms in total. The van der Waals surface area contributed by atoms with Crippen molar-refractivity contribution < 1.29 is 9.47 Å². The van der Waals surface area contributed by atoms with Crippen LogP contribution >= 0.6 is 0 Å². The van der Waals surface area contributed by atoms with Crippen molar-refractivity contribution in [3.05, 3.63) is 24.3 Å². The molecule has 0 unspecified atom stereocenters. The molecule has 0 aliphatic carbocycles. The first-order valence-electron chi connectivity index (χ1n) is 4.74. The van der Waals surface area contributed by atoms with Crippen molar-refractivity contribution in [2.24, 2.45) is 0 Å². The Morgan fingerprint density at radius 2 is 1.80 bits per heavy atom. The Balaban J connectivity index is 2.35. The lowest BCUT2D eigenvalue weighted by Crippen LogP contribution is -2.05. The maximum atomic E-state index is 5.40. The SMILES string of the molecule is CNCC#CCOc1ccc(OC)cc1. The zero-order valence-electron chi connectivity index (χ0n) is 9.04. The third-order valence-electron chi connectivity index (χ3n) is 1.76. The Morgan fingerprint density at radius 1 is 1.13 bits per heavy atom. The Kier molecular flexibility index (Phi) is 5.13. The molecule has 1 N–H and O–H groups in total. The Labute approximate surface area is 90.4 Å². The second-order valence-corrected chi connectivity index (χ2v) is 2.85. The summed E-state index contributed by atoms with van der Waals surface area (Å²) in [6.45, 7) is 1.10. The summed E-state index contributed by atoms with van der Waals surface area (Å²) < 4.78 is 10.4. The van der Waals surface area contributed by atoms with Gasteiger partial charge in [0.25, 0.3) is 0 Å². The second-order valence-electron chi connectivity index (χ2n) is 2.85. The van der Waals surface area contributed by atoms with Crippen molar-refractivity contribution in [3.8, 4) is 23.3 Å². The zero-order chi connectivity index (χ0) is 10.9. The topological polar surface area (TPSA) is 30.5 Å². The van der Waals surface area contributed by atoms with E-state index in [0.717, 1.165) is 11.5 Å². The summed E-state index contributed by atoms with van der Waals surface area (Å²) in [5.41, 5.74) is 0. The summed E-state index contributed by atoms with van der Waals surface area (Å²) in [6.07, 6.45) is 0. The van der Waals surface area contributed by atoms with Crippen LogP contribution in [0.25, 0.3) is 0 Å². The van der Waals surface area contributed by atoms with E-state index in [1.807, 2.05) is 31.3 Å². The lowest BCUT2D eigenvalue weighted by atomic mass is 10.3. The van der Waals surface area contributed by atoms with Crippen molar-refractivity contribution in [1.82, 2.24) is 5.32 Å². The molecule has 0 radical (unpaired) electrons. The van der Waals surface area contributed by atoms with Crippen LogP contribution in [0.1, 0.15) is 0 Å². The van der Waals surface area contributed by atoms with Gasteiger partial charge in [0.15, 0.2) is 0 Å². The van der Waals surface area contributed by atoms with E-state index >= 15 is 0 Å². The van der Waals surface area contributed by atoms with Gasteiger partial charge < -0.3 is 14.8 Å². The minimum absolute atomic E-state index is 0.411. The first kappa shape index (κ1) is 11.4. The van der Waals surface area contributed by atoms with Crippen molar-refractivity contribution in [1.29, 1.82) is 0 Å². The highest BCUT2D eigenvalue weighted by molar-refractivity contribution is 5.31. The summed E-state index contributed by atoms with van der Waals surface area (Å²) in [4.78, 5) is 0. The summed E-state index contributed by atoms with van der Waals surface area (Å²) in [6, 6.07) is 7.43. The molecule has 80 valence electrons. The lowest BCUT2D eigenvalue weighted by Gasteiger charge is -2.03. The van der Waals surface area contributed by atoms with E-state index in [2.05, 4.69) is 17.2 Å². The smallest absolute Gasteiger partial charge is 0.149 e. The van der Waals surface area contributed by atoms with Crippen molar-refractivity contribution >= 4 is 0 Å². The van der Waals surface area contributed by atoms with Crippen molar-refractivity contribution in [2.45, 2.75) is 0 Å². The summed E-state index contributed by atoms with van der Waals surface area (Å²) in [7, 11) is 3.50. The molecule has 0 bridgehead atoms. The highest BCUT2D eigenvalue weighted by atomic mass is 16.5. The highest BCUT2D eigenvalue weighted by Crippen LogP contribution is 2.16. The molecule has 15 heavy (non-hydrogen) atoms. The fourth-order valence-corrected chi connectivity index (χ4v) is 0.993. The largest absolute Gasteiger partial charge is 0.497 e. The Bertz CT molecular complexity index is 335. The minimum Gasteiger partial charge on any atom is -0.497 e. The van der Waals surface area contributed by atoms with Gasteiger partial charge in [-0.15, -0.1) is 0 Å². The molecule has 0 atom stereocenters. The first-order chi connectivity index (χ1) is 7.36. The number of nitrogens with one attached hydrogen (secondary N) is 1. The molecule has 0 aliphatic heterocycles. The van der Waals surface area contributed by atoms with Gasteiger partial charge in [0.1, 0.15) is 18.1 Å². The van der Waals surface area contributed by atoms with Gasteiger partial charge >= 0.3 is 0 Å². The van der Waals surface area contributed by atoms with Gasteiger partial charge in [-0.3, -0.25) is 0 Å². The standard InChI is InChI=1S/C12H15NO2/c1-13-9-3-4-10-15-12-7-5-11(14-2)6-8-12/h5-8,13H,9-10H2,1-2H3. The van der Waals surface area contributed by atoms with E-state index < -0.39 is 0 Å². The van der Waals surface area contributed by atoms with Crippen LogP contribution in [0.4, 0.5) is 0 Å². The molecule has 0 fully saturated rings. The van der Waals surface area contributed by atoms with Crippen LogP contribution in [-0.2, 0) is 0 Å². The van der Waals surface area contributed by atoms with E-state index in [9.17, 15) is 0 Å². The number of rotatable bonds is 4. The number of ether oxygens (including phenoxy) is 2. The van der Waals surface area contributed by atoms with Crippen LogP contribution in [0.5, 0.6) is 11.5 Å². The fourth-order valence-electron chi connectivity index (χ4n) is 0.993.